The van der Waals surface area contributed by atoms with Crippen molar-refractivity contribution < 1.29 is 9.53 Å². The SMILES string of the molecule is CSc1ccccc1NC(=O)CSc1nnc(C(C)Oc2ccccc2Cl)n1-c1ccccc1. The van der Waals surface area contributed by atoms with E-state index in [-0.39, 0.29) is 11.7 Å². The van der Waals surface area contributed by atoms with E-state index in [4.69, 9.17) is 16.3 Å². The van der Waals surface area contributed by atoms with Crippen LogP contribution >= 0.6 is 35.1 Å². The molecule has 4 aromatic rings. The standard InChI is InChI=1S/C25H23ClN4O2S2/c1-17(32-21-14-8-6-12-19(21)26)24-28-29-25(30(24)18-10-4-3-5-11-18)34-16-23(31)27-20-13-7-9-15-22(20)33-2/h3-15,17H,16H2,1-2H3,(H,27,31). The van der Waals surface area contributed by atoms with Gasteiger partial charge in [0.25, 0.3) is 0 Å². The zero-order chi connectivity index (χ0) is 23.9. The number of thioether (sulfide) groups is 2. The lowest BCUT2D eigenvalue weighted by Crippen LogP contribution is -2.15. The third-order valence-electron chi connectivity index (χ3n) is 4.89. The molecule has 0 aliphatic heterocycles. The predicted molar refractivity (Wildman–Crippen MR) is 139 cm³/mol. The first kappa shape index (κ1) is 24.2. The molecule has 3 aromatic carbocycles. The Balaban J connectivity index is 1.55. The van der Waals surface area contributed by atoms with Gasteiger partial charge in [-0.05, 0) is 49.6 Å². The summed E-state index contributed by atoms with van der Waals surface area (Å²) in [4.78, 5) is 13.7. The first-order valence-electron chi connectivity index (χ1n) is 10.5. The van der Waals surface area contributed by atoms with Crippen molar-refractivity contribution in [3.05, 3.63) is 89.7 Å². The van der Waals surface area contributed by atoms with Crippen molar-refractivity contribution >= 4 is 46.7 Å². The Hall–Kier alpha value is -2.94. The van der Waals surface area contributed by atoms with Gasteiger partial charge in [-0.1, -0.05) is 65.8 Å². The fourth-order valence-corrected chi connectivity index (χ4v) is 4.80. The molecule has 6 nitrogen and oxygen atoms in total. The largest absolute Gasteiger partial charge is 0.481 e. The van der Waals surface area contributed by atoms with Gasteiger partial charge in [0.05, 0.1) is 16.5 Å². The predicted octanol–water partition coefficient (Wildman–Crippen LogP) is 6.51. The summed E-state index contributed by atoms with van der Waals surface area (Å²) in [5, 5.41) is 12.9. The third kappa shape index (κ3) is 5.75. The summed E-state index contributed by atoms with van der Waals surface area (Å²) in [5.74, 6) is 1.26. The fourth-order valence-electron chi connectivity index (χ4n) is 3.31. The van der Waals surface area contributed by atoms with E-state index in [9.17, 15) is 4.79 Å². The molecule has 0 fully saturated rings. The van der Waals surface area contributed by atoms with Gasteiger partial charge in [-0.25, -0.2) is 0 Å². The van der Waals surface area contributed by atoms with E-state index in [0.717, 1.165) is 16.3 Å². The van der Waals surface area contributed by atoms with E-state index in [0.29, 0.717) is 21.8 Å². The molecule has 0 aliphatic rings. The third-order valence-corrected chi connectivity index (χ3v) is 6.93. The number of halogens is 1. The van der Waals surface area contributed by atoms with Crippen LogP contribution in [0.4, 0.5) is 5.69 Å². The van der Waals surface area contributed by atoms with Crippen molar-refractivity contribution in [1.29, 1.82) is 0 Å². The minimum Gasteiger partial charge on any atom is -0.481 e. The summed E-state index contributed by atoms with van der Waals surface area (Å²) < 4.78 is 8.00. The number of anilines is 1. The molecule has 4 rings (SSSR count). The average Bonchev–Trinajstić information content (AvgIpc) is 3.29. The van der Waals surface area contributed by atoms with Gasteiger partial charge >= 0.3 is 0 Å². The van der Waals surface area contributed by atoms with Crippen LogP contribution in [-0.2, 0) is 4.79 Å². The van der Waals surface area contributed by atoms with Crippen LogP contribution in [0.1, 0.15) is 18.9 Å². The summed E-state index contributed by atoms with van der Waals surface area (Å²) >= 11 is 9.18. The lowest BCUT2D eigenvalue weighted by molar-refractivity contribution is -0.113. The number of hydrogen-bond donors (Lipinski definition) is 1. The number of ether oxygens (including phenoxy) is 1. The van der Waals surface area contributed by atoms with Gasteiger partial charge in [0.15, 0.2) is 17.1 Å². The maximum absolute atomic E-state index is 12.7. The highest BCUT2D eigenvalue weighted by atomic mass is 35.5. The molecule has 34 heavy (non-hydrogen) atoms. The van der Waals surface area contributed by atoms with Crippen LogP contribution in [0.3, 0.4) is 0 Å². The molecular weight excluding hydrogens is 488 g/mol. The van der Waals surface area contributed by atoms with Crippen LogP contribution in [0.15, 0.2) is 88.9 Å². The van der Waals surface area contributed by atoms with E-state index in [1.54, 1.807) is 17.8 Å². The first-order chi connectivity index (χ1) is 16.6. The van der Waals surface area contributed by atoms with Crippen LogP contribution in [0, 0.1) is 0 Å². The highest BCUT2D eigenvalue weighted by Crippen LogP contribution is 2.31. The quantitative estimate of drug-likeness (QED) is 0.259. The molecule has 9 heteroatoms. The molecule has 174 valence electrons. The highest BCUT2D eigenvalue weighted by molar-refractivity contribution is 7.99. The van der Waals surface area contributed by atoms with Crippen molar-refractivity contribution in [3.8, 4) is 11.4 Å². The topological polar surface area (TPSA) is 69.0 Å². The molecule has 1 heterocycles. The molecule has 1 aromatic heterocycles. The zero-order valence-electron chi connectivity index (χ0n) is 18.6. The summed E-state index contributed by atoms with van der Waals surface area (Å²) in [5.41, 5.74) is 1.68. The number of carbonyl (C=O) groups excluding carboxylic acids is 1. The van der Waals surface area contributed by atoms with Crippen molar-refractivity contribution in [2.24, 2.45) is 0 Å². The van der Waals surface area contributed by atoms with E-state index in [1.165, 1.54) is 11.8 Å². The summed E-state index contributed by atoms with van der Waals surface area (Å²) in [6, 6.07) is 24.8. The van der Waals surface area contributed by atoms with E-state index >= 15 is 0 Å². The van der Waals surface area contributed by atoms with Crippen molar-refractivity contribution in [3.63, 3.8) is 0 Å². The molecular formula is C25H23ClN4O2S2. The smallest absolute Gasteiger partial charge is 0.234 e. The molecule has 0 spiro atoms. The number of rotatable bonds is 9. The zero-order valence-corrected chi connectivity index (χ0v) is 21.0. The monoisotopic (exact) mass is 510 g/mol. The molecule has 0 saturated heterocycles. The fraction of sp³-hybridized carbons (Fsp3) is 0.160. The highest BCUT2D eigenvalue weighted by Gasteiger charge is 2.22. The lowest BCUT2D eigenvalue weighted by Gasteiger charge is -2.17. The molecule has 1 N–H and O–H groups in total. The summed E-state index contributed by atoms with van der Waals surface area (Å²) in [7, 11) is 0. The number of hydrogen-bond acceptors (Lipinski definition) is 6. The second-order valence-electron chi connectivity index (χ2n) is 7.24. The van der Waals surface area contributed by atoms with Crippen LogP contribution < -0.4 is 10.1 Å². The second-order valence-corrected chi connectivity index (χ2v) is 9.44. The van der Waals surface area contributed by atoms with Crippen LogP contribution in [-0.4, -0.2) is 32.7 Å². The Labute approximate surface area is 212 Å². The second kappa shape index (κ2) is 11.5. The van der Waals surface area contributed by atoms with Gasteiger partial charge in [0.2, 0.25) is 5.91 Å². The van der Waals surface area contributed by atoms with E-state index in [2.05, 4.69) is 15.5 Å². The van der Waals surface area contributed by atoms with E-state index in [1.807, 2.05) is 90.5 Å². The maximum atomic E-state index is 12.7. The number of carbonyl (C=O) groups is 1. The Morgan fingerprint density at radius 3 is 2.50 bits per heavy atom. The molecule has 0 bridgehead atoms. The minimum absolute atomic E-state index is 0.115. The van der Waals surface area contributed by atoms with Crippen LogP contribution in [0.2, 0.25) is 5.02 Å². The van der Waals surface area contributed by atoms with Crippen molar-refractivity contribution in [1.82, 2.24) is 14.8 Å². The van der Waals surface area contributed by atoms with Crippen molar-refractivity contribution in [2.75, 3.05) is 17.3 Å². The summed E-state index contributed by atoms with van der Waals surface area (Å²) in [6.07, 6.45) is 1.55. The van der Waals surface area contributed by atoms with Gasteiger partial charge in [-0.15, -0.1) is 22.0 Å². The van der Waals surface area contributed by atoms with Gasteiger partial charge in [0.1, 0.15) is 5.75 Å². The van der Waals surface area contributed by atoms with Crippen LogP contribution in [0.5, 0.6) is 5.75 Å². The Kier molecular flexibility index (Phi) is 8.16. The minimum atomic E-state index is -0.427. The lowest BCUT2D eigenvalue weighted by atomic mass is 10.3. The number of aromatic nitrogens is 3. The average molecular weight is 511 g/mol. The van der Waals surface area contributed by atoms with Gasteiger partial charge < -0.3 is 10.1 Å². The number of amides is 1. The first-order valence-corrected chi connectivity index (χ1v) is 13.1. The molecule has 1 atom stereocenters. The Morgan fingerprint density at radius 2 is 1.74 bits per heavy atom. The van der Waals surface area contributed by atoms with E-state index < -0.39 is 6.10 Å². The number of para-hydroxylation sites is 3. The van der Waals surface area contributed by atoms with Gasteiger partial charge in [0, 0.05) is 10.6 Å². The molecule has 0 saturated carbocycles. The molecule has 0 aliphatic carbocycles. The maximum Gasteiger partial charge on any atom is 0.234 e. The molecule has 1 unspecified atom stereocenters. The summed E-state index contributed by atoms with van der Waals surface area (Å²) in [6.45, 7) is 1.90. The number of nitrogens with zero attached hydrogens (tertiary/aromatic N) is 3. The Bertz CT molecular complexity index is 1270. The number of benzene rings is 3. The van der Waals surface area contributed by atoms with Gasteiger partial charge in [-0.3, -0.25) is 9.36 Å². The van der Waals surface area contributed by atoms with Gasteiger partial charge in [-0.2, -0.15) is 0 Å². The molecule has 0 radical (unpaired) electrons. The van der Waals surface area contributed by atoms with Crippen LogP contribution in [0.25, 0.3) is 5.69 Å². The molecule has 1 amide bonds. The normalized spacial score (nSPS) is 11.7. The van der Waals surface area contributed by atoms with Crippen molar-refractivity contribution in [2.45, 2.75) is 23.1 Å². The number of nitrogens with one attached hydrogen (secondary N) is 1. The Morgan fingerprint density at radius 1 is 1.03 bits per heavy atom.